The van der Waals surface area contributed by atoms with E-state index in [4.69, 9.17) is 5.11 Å². The van der Waals surface area contributed by atoms with Crippen LogP contribution in [0.5, 0.6) is 0 Å². The van der Waals surface area contributed by atoms with E-state index < -0.39 is 6.61 Å². The minimum atomic E-state index is -0.456. The Morgan fingerprint density at radius 1 is 1.00 bits per heavy atom. The molecular formula is C17H22N2O3. The van der Waals surface area contributed by atoms with Crippen molar-refractivity contribution in [3.05, 3.63) is 35.9 Å². The molecule has 22 heavy (non-hydrogen) atoms. The third-order valence-electron chi connectivity index (χ3n) is 5.00. The molecule has 1 saturated carbocycles. The summed E-state index contributed by atoms with van der Waals surface area (Å²) in [4.78, 5) is 28.0. The molecule has 5 heteroatoms. The second-order valence-electron chi connectivity index (χ2n) is 6.13. The van der Waals surface area contributed by atoms with E-state index in [2.05, 4.69) is 0 Å². The Morgan fingerprint density at radius 3 is 2.09 bits per heavy atom. The molecule has 5 nitrogen and oxygen atoms in total. The Balaban J connectivity index is 1.70. The zero-order chi connectivity index (χ0) is 15.6. The monoisotopic (exact) mass is 302 g/mol. The van der Waals surface area contributed by atoms with Gasteiger partial charge >= 0.3 is 0 Å². The molecule has 2 amide bonds. The summed E-state index contributed by atoms with van der Waals surface area (Å²) in [5.74, 6) is -0.0606. The standard InChI is InChI=1S/C17H22N2O3/c20-13-15(21)18-9-11-19(12-10-18)16(22)17(7-4-8-17)14-5-2-1-3-6-14/h1-3,5-6,20H,4,7-13H2. The van der Waals surface area contributed by atoms with E-state index in [1.165, 1.54) is 0 Å². The van der Waals surface area contributed by atoms with Crippen LogP contribution in [0, 0.1) is 0 Å². The number of carbonyl (C=O) groups excluding carboxylic acids is 2. The fourth-order valence-corrected chi connectivity index (χ4v) is 3.48. The first-order valence-electron chi connectivity index (χ1n) is 7.91. The molecule has 1 aliphatic carbocycles. The van der Waals surface area contributed by atoms with Gasteiger partial charge in [-0.15, -0.1) is 0 Å². The SMILES string of the molecule is O=C(CO)N1CCN(C(=O)C2(c3ccccc3)CCC2)CC1. The molecule has 0 spiro atoms. The number of aliphatic hydroxyl groups is 1. The predicted molar refractivity (Wildman–Crippen MR) is 82.2 cm³/mol. The minimum Gasteiger partial charge on any atom is -0.387 e. The summed E-state index contributed by atoms with van der Waals surface area (Å²) in [5.41, 5.74) is 0.754. The van der Waals surface area contributed by atoms with Crippen molar-refractivity contribution in [3.8, 4) is 0 Å². The molecule has 0 unspecified atom stereocenters. The number of hydrogen-bond donors (Lipinski definition) is 1. The van der Waals surface area contributed by atoms with Crippen LogP contribution in [-0.2, 0) is 15.0 Å². The van der Waals surface area contributed by atoms with Crippen LogP contribution in [0.25, 0.3) is 0 Å². The topological polar surface area (TPSA) is 60.9 Å². The molecule has 1 aromatic carbocycles. The molecule has 1 aliphatic heterocycles. The molecule has 3 rings (SSSR count). The van der Waals surface area contributed by atoms with E-state index in [1.54, 1.807) is 4.90 Å². The fourth-order valence-electron chi connectivity index (χ4n) is 3.48. The maximum absolute atomic E-state index is 13.0. The molecule has 1 heterocycles. The molecule has 118 valence electrons. The number of aliphatic hydroxyl groups excluding tert-OH is 1. The van der Waals surface area contributed by atoms with Crippen molar-refractivity contribution in [1.82, 2.24) is 9.80 Å². The van der Waals surface area contributed by atoms with E-state index in [0.717, 1.165) is 24.8 Å². The van der Waals surface area contributed by atoms with Gasteiger partial charge in [0, 0.05) is 26.2 Å². The normalized spacial score (nSPS) is 20.4. The fraction of sp³-hybridized carbons (Fsp3) is 0.529. The third kappa shape index (κ3) is 2.50. The van der Waals surface area contributed by atoms with Crippen LogP contribution < -0.4 is 0 Å². The van der Waals surface area contributed by atoms with Gasteiger partial charge in [0.25, 0.3) is 0 Å². The summed E-state index contributed by atoms with van der Waals surface area (Å²) in [7, 11) is 0. The van der Waals surface area contributed by atoms with E-state index in [-0.39, 0.29) is 17.2 Å². The van der Waals surface area contributed by atoms with Gasteiger partial charge in [0.15, 0.2) is 0 Å². The zero-order valence-corrected chi connectivity index (χ0v) is 12.7. The Hall–Kier alpha value is -1.88. The van der Waals surface area contributed by atoms with E-state index in [0.29, 0.717) is 26.2 Å². The van der Waals surface area contributed by atoms with Crippen molar-refractivity contribution in [2.45, 2.75) is 24.7 Å². The third-order valence-corrected chi connectivity index (χ3v) is 5.00. The highest BCUT2D eigenvalue weighted by Crippen LogP contribution is 2.45. The highest BCUT2D eigenvalue weighted by atomic mass is 16.3. The van der Waals surface area contributed by atoms with Gasteiger partial charge in [0.1, 0.15) is 6.61 Å². The van der Waals surface area contributed by atoms with E-state index in [1.807, 2.05) is 35.2 Å². The number of rotatable bonds is 3. The summed E-state index contributed by atoms with van der Waals surface area (Å²) < 4.78 is 0. The number of hydrogen-bond acceptors (Lipinski definition) is 3. The zero-order valence-electron chi connectivity index (χ0n) is 12.7. The largest absolute Gasteiger partial charge is 0.387 e. The van der Waals surface area contributed by atoms with Crippen molar-refractivity contribution >= 4 is 11.8 Å². The Morgan fingerprint density at radius 2 is 1.59 bits per heavy atom. The van der Waals surface area contributed by atoms with Gasteiger partial charge in [0.05, 0.1) is 5.41 Å². The molecule has 2 aliphatic rings. The second-order valence-corrected chi connectivity index (χ2v) is 6.13. The lowest BCUT2D eigenvalue weighted by Gasteiger charge is -2.46. The molecule has 1 N–H and O–H groups in total. The van der Waals surface area contributed by atoms with E-state index in [9.17, 15) is 9.59 Å². The molecule has 0 radical (unpaired) electrons. The van der Waals surface area contributed by atoms with Gasteiger partial charge < -0.3 is 14.9 Å². The lowest BCUT2D eigenvalue weighted by molar-refractivity contribution is -0.146. The average Bonchev–Trinajstić information content (AvgIpc) is 2.54. The van der Waals surface area contributed by atoms with Crippen molar-refractivity contribution in [3.63, 3.8) is 0 Å². The van der Waals surface area contributed by atoms with Gasteiger partial charge in [-0.25, -0.2) is 0 Å². The highest BCUT2D eigenvalue weighted by Gasteiger charge is 2.47. The quantitative estimate of drug-likeness (QED) is 0.897. The number of benzene rings is 1. The first kappa shape index (κ1) is 15.0. The number of carbonyl (C=O) groups is 2. The lowest BCUT2D eigenvalue weighted by Crippen LogP contribution is -2.57. The maximum atomic E-state index is 13.0. The summed E-state index contributed by atoms with van der Waals surface area (Å²) in [6.07, 6.45) is 2.90. The Kier molecular flexibility index (Phi) is 4.16. The van der Waals surface area contributed by atoms with Crippen molar-refractivity contribution < 1.29 is 14.7 Å². The molecule has 0 bridgehead atoms. The first-order chi connectivity index (χ1) is 10.7. The van der Waals surface area contributed by atoms with Crippen molar-refractivity contribution in [2.24, 2.45) is 0 Å². The minimum absolute atomic E-state index is 0.195. The first-order valence-corrected chi connectivity index (χ1v) is 7.91. The van der Waals surface area contributed by atoms with Gasteiger partial charge in [-0.05, 0) is 18.4 Å². The highest BCUT2D eigenvalue weighted by molar-refractivity contribution is 5.89. The van der Waals surface area contributed by atoms with Crippen LogP contribution in [-0.4, -0.2) is 59.5 Å². The van der Waals surface area contributed by atoms with Crippen LogP contribution in [0.3, 0.4) is 0 Å². The number of nitrogens with zero attached hydrogens (tertiary/aromatic N) is 2. The van der Waals surface area contributed by atoms with Crippen LogP contribution in [0.1, 0.15) is 24.8 Å². The molecule has 1 aromatic rings. The van der Waals surface area contributed by atoms with Gasteiger partial charge in [-0.3, -0.25) is 9.59 Å². The average molecular weight is 302 g/mol. The lowest BCUT2D eigenvalue weighted by atomic mass is 9.63. The van der Waals surface area contributed by atoms with Crippen molar-refractivity contribution in [1.29, 1.82) is 0 Å². The smallest absolute Gasteiger partial charge is 0.248 e. The van der Waals surface area contributed by atoms with Gasteiger partial charge in [0.2, 0.25) is 11.8 Å². The number of piperazine rings is 1. The van der Waals surface area contributed by atoms with Crippen LogP contribution in [0.2, 0.25) is 0 Å². The molecule has 0 atom stereocenters. The molecule has 2 fully saturated rings. The van der Waals surface area contributed by atoms with Gasteiger partial charge in [-0.1, -0.05) is 36.8 Å². The Labute approximate surface area is 130 Å². The molecular weight excluding hydrogens is 280 g/mol. The molecule has 0 aromatic heterocycles. The van der Waals surface area contributed by atoms with E-state index >= 15 is 0 Å². The van der Waals surface area contributed by atoms with Crippen LogP contribution in [0.4, 0.5) is 0 Å². The van der Waals surface area contributed by atoms with Crippen LogP contribution >= 0.6 is 0 Å². The summed E-state index contributed by atoms with van der Waals surface area (Å²) in [5, 5.41) is 8.92. The summed E-state index contributed by atoms with van der Waals surface area (Å²) in [6, 6.07) is 10.0. The second kappa shape index (κ2) is 6.08. The number of amides is 2. The van der Waals surface area contributed by atoms with Gasteiger partial charge in [-0.2, -0.15) is 0 Å². The van der Waals surface area contributed by atoms with Crippen molar-refractivity contribution in [2.75, 3.05) is 32.8 Å². The molecule has 1 saturated heterocycles. The summed E-state index contributed by atoms with van der Waals surface area (Å²) >= 11 is 0. The van der Waals surface area contributed by atoms with Crippen LogP contribution in [0.15, 0.2) is 30.3 Å². The summed E-state index contributed by atoms with van der Waals surface area (Å²) in [6.45, 7) is 1.67. The maximum Gasteiger partial charge on any atom is 0.248 e. The Bertz CT molecular complexity index is 546. The predicted octanol–water partition coefficient (Wildman–Crippen LogP) is 0.771.